The highest BCUT2D eigenvalue weighted by atomic mass is 19.1. The predicted molar refractivity (Wildman–Crippen MR) is 67.9 cm³/mol. The lowest BCUT2D eigenvalue weighted by atomic mass is 9.97. The van der Waals surface area contributed by atoms with E-state index in [4.69, 9.17) is 4.74 Å². The third-order valence-corrected chi connectivity index (χ3v) is 3.29. The molecule has 0 N–H and O–H groups in total. The molecule has 5 heteroatoms. The van der Waals surface area contributed by atoms with E-state index in [1.54, 1.807) is 11.8 Å². The molecule has 0 amide bonds. The minimum Gasteiger partial charge on any atom is -0.466 e. The van der Waals surface area contributed by atoms with E-state index in [1.165, 1.54) is 12.1 Å². The molecule has 1 aromatic carbocycles. The fourth-order valence-corrected chi connectivity index (χ4v) is 2.39. The lowest BCUT2D eigenvalue weighted by molar-refractivity contribution is -0.148. The first-order chi connectivity index (χ1) is 9.11. The van der Waals surface area contributed by atoms with E-state index in [1.807, 2.05) is 0 Å². The molecule has 0 radical (unpaired) electrons. The van der Waals surface area contributed by atoms with Gasteiger partial charge < -0.3 is 9.64 Å². The molecule has 1 aliphatic heterocycles. The number of halogens is 2. The second kappa shape index (κ2) is 5.99. The first kappa shape index (κ1) is 13.8. The minimum atomic E-state index is -0.597. The molecule has 0 aromatic heterocycles. The summed E-state index contributed by atoms with van der Waals surface area (Å²) in [6, 6.07) is 3.51. The van der Waals surface area contributed by atoms with Gasteiger partial charge in [-0.2, -0.15) is 0 Å². The Kier molecular flexibility index (Phi) is 4.35. The lowest BCUT2D eigenvalue weighted by Crippen LogP contribution is -2.39. The zero-order valence-corrected chi connectivity index (χ0v) is 10.9. The van der Waals surface area contributed by atoms with E-state index in [0.29, 0.717) is 25.4 Å². The molecule has 1 unspecified atom stereocenters. The summed E-state index contributed by atoms with van der Waals surface area (Å²) < 4.78 is 31.6. The van der Waals surface area contributed by atoms with Crippen LogP contribution in [0.25, 0.3) is 0 Å². The standard InChI is InChI=1S/C14H17F2NO2/c1-2-19-14(18)10-4-3-7-17(9-10)13-6-5-11(15)8-12(13)16/h5-6,8,10H,2-4,7,9H2,1H3. The molecule has 1 aromatic rings. The van der Waals surface area contributed by atoms with Crippen LogP contribution in [-0.2, 0) is 9.53 Å². The summed E-state index contributed by atoms with van der Waals surface area (Å²) in [5.74, 6) is -1.67. The van der Waals surface area contributed by atoms with Gasteiger partial charge in [-0.1, -0.05) is 0 Å². The van der Waals surface area contributed by atoms with Crippen LogP contribution in [0, 0.1) is 17.6 Å². The van der Waals surface area contributed by atoms with Crippen molar-refractivity contribution in [2.24, 2.45) is 5.92 Å². The number of nitrogens with zero attached hydrogens (tertiary/aromatic N) is 1. The van der Waals surface area contributed by atoms with Crippen LogP contribution in [0.4, 0.5) is 14.5 Å². The summed E-state index contributed by atoms with van der Waals surface area (Å²) >= 11 is 0. The van der Waals surface area contributed by atoms with Gasteiger partial charge in [0.2, 0.25) is 0 Å². The van der Waals surface area contributed by atoms with Crippen LogP contribution in [-0.4, -0.2) is 25.7 Å². The quantitative estimate of drug-likeness (QED) is 0.790. The SMILES string of the molecule is CCOC(=O)C1CCCN(c2ccc(F)cc2F)C1. The number of anilines is 1. The van der Waals surface area contributed by atoms with Gasteiger partial charge in [0.05, 0.1) is 18.2 Å². The van der Waals surface area contributed by atoms with Crippen molar-refractivity contribution in [3.63, 3.8) is 0 Å². The average Bonchev–Trinajstić information content (AvgIpc) is 2.39. The number of carbonyl (C=O) groups is 1. The van der Waals surface area contributed by atoms with Gasteiger partial charge in [0.25, 0.3) is 0 Å². The fraction of sp³-hybridized carbons (Fsp3) is 0.500. The van der Waals surface area contributed by atoms with Crippen molar-refractivity contribution in [2.45, 2.75) is 19.8 Å². The molecule has 1 fully saturated rings. The van der Waals surface area contributed by atoms with Crippen molar-refractivity contribution in [3.05, 3.63) is 29.8 Å². The van der Waals surface area contributed by atoms with E-state index in [-0.39, 0.29) is 11.9 Å². The number of ether oxygens (including phenoxy) is 1. The molecule has 0 spiro atoms. The van der Waals surface area contributed by atoms with Crippen LogP contribution in [0.3, 0.4) is 0 Å². The maximum absolute atomic E-state index is 13.7. The Bertz CT molecular complexity index is 465. The second-order valence-electron chi connectivity index (χ2n) is 4.63. The Hall–Kier alpha value is -1.65. The van der Waals surface area contributed by atoms with Crippen molar-refractivity contribution >= 4 is 11.7 Å². The van der Waals surface area contributed by atoms with Gasteiger partial charge in [-0.25, -0.2) is 8.78 Å². The molecule has 1 atom stereocenters. The molecule has 2 rings (SSSR count). The molecule has 0 bridgehead atoms. The summed E-state index contributed by atoms with van der Waals surface area (Å²) in [5.41, 5.74) is 0.343. The van der Waals surface area contributed by atoms with E-state index >= 15 is 0 Å². The van der Waals surface area contributed by atoms with Crippen LogP contribution in [0.2, 0.25) is 0 Å². The number of rotatable bonds is 3. The molecule has 19 heavy (non-hydrogen) atoms. The monoisotopic (exact) mass is 269 g/mol. The Morgan fingerprint density at radius 2 is 2.26 bits per heavy atom. The van der Waals surface area contributed by atoms with Gasteiger partial charge in [0.1, 0.15) is 11.6 Å². The Morgan fingerprint density at radius 1 is 1.47 bits per heavy atom. The van der Waals surface area contributed by atoms with Gasteiger partial charge in [-0.05, 0) is 31.9 Å². The highest BCUT2D eigenvalue weighted by Gasteiger charge is 2.28. The predicted octanol–water partition coefficient (Wildman–Crippen LogP) is 2.74. The zero-order chi connectivity index (χ0) is 13.8. The summed E-state index contributed by atoms with van der Waals surface area (Å²) in [7, 11) is 0. The molecule has 104 valence electrons. The average molecular weight is 269 g/mol. The van der Waals surface area contributed by atoms with E-state index in [9.17, 15) is 13.6 Å². The van der Waals surface area contributed by atoms with Crippen LogP contribution < -0.4 is 4.90 Å². The van der Waals surface area contributed by atoms with Crippen LogP contribution in [0.5, 0.6) is 0 Å². The number of esters is 1. The van der Waals surface area contributed by atoms with Gasteiger partial charge in [0.15, 0.2) is 0 Å². The topological polar surface area (TPSA) is 29.5 Å². The number of benzene rings is 1. The Balaban J connectivity index is 2.10. The van der Waals surface area contributed by atoms with Crippen LogP contribution in [0.15, 0.2) is 18.2 Å². The van der Waals surface area contributed by atoms with Crippen molar-refractivity contribution in [3.8, 4) is 0 Å². The van der Waals surface area contributed by atoms with Crippen LogP contribution in [0.1, 0.15) is 19.8 Å². The maximum atomic E-state index is 13.7. The first-order valence-corrected chi connectivity index (χ1v) is 6.48. The minimum absolute atomic E-state index is 0.238. The molecule has 1 saturated heterocycles. The zero-order valence-electron chi connectivity index (χ0n) is 10.9. The number of hydrogen-bond donors (Lipinski definition) is 0. The molecule has 1 heterocycles. The molecular formula is C14H17F2NO2. The van der Waals surface area contributed by atoms with Crippen molar-refractivity contribution in [1.29, 1.82) is 0 Å². The number of carbonyl (C=O) groups excluding carboxylic acids is 1. The molecule has 1 aliphatic rings. The molecule has 0 aliphatic carbocycles. The smallest absolute Gasteiger partial charge is 0.310 e. The van der Waals surface area contributed by atoms with Gasteiger partial charge in [-0.3, -0.25) is 4.79 Å². The van der Waals surface area contributed by atoms with Crippen molar-refractivity contribution in [2.75, 3.05) is 24.6 Å². The van der Waals surface area contributed by atoms with Crippen LogP contribution >= 0.6 is 0 Å². The first-order valence-electron chi connectivity index (χ1n) is 6.48. The summed E-state index contributed by atoms with van der Waals surface area (Å²) in [4.78, 5) is 13.5. The third-order valence-electron chi connectivity index (χ3n) is 3.29. The maximum Gasteiger partial charge on any atom is 0.310 e. The Morgan fingerprint density at radius 3 is 2.95 bits per heavy atom. The van der Waals surface area contributed by atoms with Gasteiger partial charge >= 0.3 is 5.97 Å². The van der Waals surface area contributed by atoms with E-state index in [2.05, 4.69) is 0 Å². The molecular weight excluding hydrogens is 252 g/mol. The number of hydrogen-bond acceptors (Lipinski definition) is 3. The normalized spacial score (nSPS) is 19.3. The van der Waals surface area contributed by atoms with Crippen molar-refractivity contribution < 1.29 is 18.3 Å². The fourth-order valence-electron chi connectivity index (χ4n) is 2.39. The summed E-state index contributed by atoms with van der Waals surface area (Å²) in [6.45, 7) is 3.19. The second-order valence-corrected chi connectivity index (χ2v) is 4.63. The summed E-state index contributed by atoms with van der Waals surface area (Å²) in [5, 5.41) is 0. The highest BCUT2D eigenvalue weighted by Crippen LogP contribution is 2.26. The number of piperidine rings is 1. The van der Waals surface area contributed by atoms with E-state index < -0.39 is 11.6 Å². The molecule has 0 saturated carbocycles. The van der Waals surface area contributed by atoms with Gasteiger partial charge in [0, 0.05) is 19.2 Å². The largest absolute Gasteiger partial charge is 0.466 e. The molecule has 3 nitrogen and oxygen atoms in total. The Labute approximate surface area is 111 Å². The highest BCUT2D eigenvalue weighted by molar-refractivity contribution is 5.73. The lowest BCUT2D eigenvalue weighted by Gasteiger charge is -2.33. The van der Waals surface area contributed by atoms with Crippen molar-refractivity contribution in [1.82, 2.24) is 0 Å². The van der Waals surface area contributed by atoms with E-state index in [0.717, 1.165) is 18.9 Å². The van der Waals surface area contributed by atoms with Gasteiger partial charge in [-0.15, -0.1) is 0 Å². The third kappa shape index (κ3) is 3.22. The summed E-state index contributed by atoms with van der Waals surface area (Å²) in [6.07, 6.45) is 1.54.